The zero-order chi connectivity index (χ0) is 17.6. The van der Waals surface area contributed by atoms with Gasteiger partial charge in [-0.25, -0.2) is 9.59 Å². The number of nitrogens with zero attached hydrogens (tertiary/aromatic N) is 2. The lowest BCUT2D eigenvalue weighted by molar-refractivity contribution is 0.0593. The van der Waals surface area contributed by atoms with Crippen LogP contribution in [0.15, 0.2) is 17.1 Å². The Hall–Kier alpha value is -3.47. The zero-order valence-corrected chi connectivity index (χ0v) is 13.4. The maximum Gasteiger partial charge on any atom is 0.357 e. The van der Waals surface area contributed by atoms with E-state index < -0.39 is 5.97 Å². The van der Waals surface area contributed by atoms with Crippen LogP contribution in [0.3, 0.4) is 0 Å². The highest BCUT2D eigenvalue weighted by molar-refractivity contribution is 5.97. The van der Waals surface area contributed by atoms with Crippen LogP contribution in [-0.2, 0) is 4.74 Å². The number of ether oxygens (including phenoxy) is 1. The van der Waals surface area contributed by atoms with E-state index >= 15 is 0 Å². The van der Waals surface area contributed by atoms with Crippen molar-refractivity contribution < 1.29 is 9.53 Å². The second kappa shape index (κ2) is 5.31. The number of nitrogen functional groups attached to an aromatic ring is 1. The molecule has 0 amide bonds. The summed E-state index contributed by atoms with van der Waals surface area (Å²) in [6, 6.07) is 3.79. The Balaban J connectivity index is 2.49. The van der Waals surface area contributed by atoms with Gasteiger partial charge < -0.3 is 25.0 Å². The number of H-pyrrole nitrogens is 2. The SMILES string of the molecule is COC(=O)c1c(N)c(C#N)cn1-c1c(C)c(C)cc2[nH]c(=O)[nH]c12. The Kier molecular flexibility index (Phi) is 3.41. The highest BCUT2D eigenvalue weighted by Gasteiger charge is 2.24. The lowest BCUT2D eigenvalue weighted by Gasteiger charge is -2.14. The number of nitrogens with two attached hydrogens (primary N) is 1. The first-order chi connectivity index (χ1) is 11.4. The molecule has 0 saturated heterocycles. The average molecular weight is 325 g/mol. The van der Waals surface area contributed by atoms with Gasteiger partial charge in [-0.3, -0.25) is 0 Å². The third-order valence-corrected chi connectivity index (χ3v) is 4.08. The molecule has 0 unspecified atom stereocenters. The van der Waals surface area contributed by atoms with E-state index in [0.717, 1.165) is 11.1 Å². The Morgan fingerprint density at radius 2 is 2.08 bits per heavy atom. The minimum Gasteiger partial charge on any atom is -0.464 e. The minimum atomic E-state index is -0.666. The lowest BCUT2D eigenvalue weighted by atomic mass is 10.1. The highest BCUT2D eigenvalue weighted by Crippen LogP contribution is 2.31. The van der Waals surface area contributed by atoms with Gasteiger partial charge in [-0.1, -0.05) is 0 Å². The molecule has 122 valence electrons. The van der Waals surface area contributed by atoms with E-state index in [1.54, 1.807) is 0 Å². The van der Waals surface area contributed by atoms with Gasteiger partial charge >= 0.3 is 11.7 Å². The van der Waals surface area contributed by atoms with Gasteiger partial charge in [0.05, 0.1) is 35.1 Å². The number of hydrogen-bond acceptors (Lipinski definition) is 5. The van der Waals surface area contributed by atoms with Gasteiger partial charge in [-0.2, -0.15) is 5.26 Å². The molecule has 0 aliphatic heterocycles. The van der Waals surface area contributed by atoms with E-state index in [2.05, 4.69) is 9.97 Å². The molecule has 2 heterocycles. The molecular formula is C16H15N5O3. The van der Waals surface area contributed by atoms with Gasteiger partial charge in [0, 0.05) is 6.20 Å². The summed E-state index contributed by atoms with van der Waals surface area (Å²) < 4.78 is 6.29. The molecule has 24 heavy (non-hydrogen) atoms. The van der Waals surface area contributed by atoms with Crippen LogP contribution in [0.4, 0.5) is 5.69 Å². The van der Waals surface area contributed by atoms with Crippen molar-refractivity contribution in [3.8, 4) is 11.8 Å². The third-order valence-electron chi connectivity index (χ3n) is 4.08. The molecule has 0 aliphatic carbocycles. The third kappa shape index (κ3) is 2.06. The van der Waals surface area contributed by atoms with Crippen LogP contribution in [0.1, 0.15) is 27.2 Å². The summed E-state index contributed by atoms with van der Waals surface area (Å²) in [6.45, 7) is 3.75. The summed E-state index contributed by atoms with van der Waals surface area (Å²) >= 11 is 0. The first-order valence-corrected chi connectivity index (χ1v) is 7.10. The van der Waals surface area contributed by atoms with Gasteiger partial charge in [-0.05, 0) is 31.0 Å². The topological polar surface area (TPSA) is 130 Å². The number of fused-ring (bicyclic) bond motifs is 1. The van der Waals surface area contributed by atoms with E-state index in [1.165, 1.54) is 17.9 Å². The van der Waals surface area contributed by atoms with Crippen LogP contribution >= 0.6 is 0 Å². The second-order valence-corrected chi connectivity index (χ2v) is 5.45. The van der Waals surface area contributed by atoms with Crippen molar-refractivity contribution in [3.05, 3.63) is 45.1 Å². The summed E-state index contributed by atoms with van der Waals surface area (Å²) in [6.07, 6.45) is 1.47. The number of aromatic amines is 2. The molecule has 0 bridgehead atoms. The molecule has 0 saturated carbocycles. The summed E-state index contributed by atoms with van der Waals surface area (Å²) in [5, 5.41) is 9.24. The Morgan fingerprint density at radius 1 is 1.38 bits per heavy atom. The predicted molar refractivity (Wildman–Crippen MR) is 88.2 cm³/mol. The molecule has 4 N–H and O–H groups in total. The van der Waals surface area contributed by atoms with Crippen molar-refractivity contribution in [2.45, 2.75) is 13.8 Å². The second-order valence-electron chi connectivity index (χ2n) is 5.45. The van der Waals surface area contributed by atoms with E-state index in [1.807, 2.05) is 26.0 Å². The van der Waals surface area contributed by atoms with Gasteiger partial charge in [0.1, 0.15) is 6.07 Å². The number of anilines is 1. The summed E-state index contributed by atoms with van der Waals surface area (Å²) in [5.74, 6) is -0.666. The molecule has 1 aromatic carbocycles. The standard InChI is InChI=1S/C16H15N5O3/c1-7-4-10-12(20-16(23)19-10)13(8(7)2)21-6-9(5-17)11(18)14(21)15(22)24-3/h4,6H,18H2,1-3H3,(H2,19,20,23). The highest BCUT2D eigenvalue weighted by atomic mass is 16.5. The molecule has 8 heteroatoms. The van der Waals surface area contributed by atoms with Crippen LogP contribution in [0.2, 0.25) is 0 Å². The number of carbonyl (C=O) groups excluding carboxylic acids is 1. The quantitative estimate of drug-likeness (QED) is 0.615. The fourth-order valence-electron chi connectivity index (χ4n) is 2.78. The largest absolute Gasteiger partial charge is 0.464 e. The fourth-order valence-corrected chi connectivity index (χ4v) is 2.78. The average Bonchev–Trinajstić information content (AvgIpc) is 3.07. The fraction of sp³-hybridized carbons (Fsp3) is 0.188. The van der Waals surface area contributed by atoms with E-state index in [-0.39, 0.29) is 22.6 Å². The zero-order valence-electron chi connectivity index (χ0n) is 13.4. The summed E-state index contributed by atoms with van der Waals surface area (Å²) in [7, 11) is 1.24. The Morgan fingerprint density at radius 3 is 2.71 bits per heavy atom. The summed E-state index contributed by atoms with van der Waals surface area (Å²) in [4.78, 5) is 29.3. The molecule has 2 aromatic heterocycles. The number of nitrogens with one attached hydrogen (secondary N) is 2. The van der Waals surface area contributed by atoms with Crippen molar-refractivity contribution >= 4 is 22.7 Å². The van der Waals surface area contributed by atoms with Gasteiger partial charge in [0.25, 0.3) is 0 Å². The van der Waals surface area contributed by atoms with E-state index in [4.69, 9.17) is 10.5 Å². The maximum atomic E-state index is 12.2. The maximum absolute atomic E-state index is 12.2. The van der Waals surface area contributed by atoms with Crippen molar-refractivity contribution in [1.29, 1.82) is 5.26 Å². The van der Waals surface area contributed by atoms with Crippen LogP contribution < -0.4 is 11.4 Å². The number of imidazole rings is 1. The van der Waals surface area contributed by atoms with Gasteiger partial charge in [0.2, 0.25) is 0 Å². The lowest BCUT2D eigenvalue weighted by Crippen LogP contribution is -2.12. The van der Waals surface area contributed by atoms with Crippen LogP contribution in [0.25, 0.3) is 16.7 Å². The Labute approximate surface area is 136 Å². The van der Waals surface area contributed by atoms with E-state index in [9.17, 15) is 14.9 Å². The molecule has 0 spiro atoms. The first kappa shape index (κ1) is 15.4. The minimum absolute atomic E-state index is 0.0382. The Bertz CT molecular complexity index is 1080. The number of esters is 1. The number of rotatable bonds is 2. The molecule has 8 nitrogen and oxygen atoms in total. The molecule has 3 rings (SSSR count). The van der Waals surface area contributed by atoms with Gasteiger partial charge in [-0.15, -0.1) is 0 Å². The number of carbonyl (C=O) groups is 1. The van der Waals surface area contributed by atoms with Gasteiger partial charge in [0.15, 0.2) is 5.69 Å². The number of methoxy groups -OCH3 is 1. The molecule has 0 radical (unpaired) electrons. The van der Waals surface area contributed by atoms with Crippen molar-refractivity contribution in [2.75, 3.05) is 12.8 Å². The van der Waals surface area contributed by atoms with Crippen LogP contribution in [0, 0.1) is 25.2 Å². The monoisotopic (exact) mass is 325 g/mol. The number of aromatic nitrogens is 3. The number of aryl methyl sites for hydroxylation is 1. The van der Waals surface area contributed by atoms with Crippen molar-refractivity contribution in [2.24, 2.45) is 0 Å². The number of hydrogen-bond donors (Lipinski definition) is 3. The molecule has 0 aliphatic rings. The van der Waals surface area contributed by atoms with Crippen LogP contribution in [0.5, 0.6) is 0 Å². The first-order valence-electron chi connectivity index (χ1n) is 7.10. The number of benzene rings is 1. The molecule has 3 aromatic rings. The molecule has 0 atom stereocenters. The number of nitriles is 1. The van der Waals surface area contributed by atoms with E-state index in [0.29, 0.717) is 16.7 Å². The van der Waals surface area contributed by atoms with Crippen molar-refractivity contribution in [3.63, 3.8) is 0 Å². The van der Waals surface area contributed by atoms with Crippen LogP contribution in [-0.4, -0.2) is 27.6 Å². The normalized spacial score (nSPS) is 10.8. The molecular weight excluding hydrogens is 310 g/mol. The molecule has 0 fully saturated rings. The smallest absolute Gasteiger partial charge is 0.357 e. The predicted octanol–water partition coefficient (Wildman–Crippen LogP) is 1.50. The van der Waals surface area contributed by atoms with Crippen molar-refractivity contribution in [1.82, 2.24) is 14.5 Å². The summed E-state index contributed by atoms with van der Waals surface area (Å²) in [5.41, 5.74) is 9.25.